The topological polar surface area (TPSA) is 29.5 Å². The van der Waals surface area contributed by atoms with E-state index in [1.807, 2.05) is 6.92 Å². The molecule has 1 N–H and O–H groups in total. The van der Waals surface area contributed by atoms with Crippen LogP contribution >= 0.6 is 0 Å². The number of hydrogen-bond donors (Lipinski definition) is 1. The van der Waals surface area contributed by atoms with E-state index in [0.29, 0.717) is 5.92 Å². The normalized spacial score (nSPS) is 17.2. The first kappa shape index (κ1) is 16.7. The van der Waals surface area contributed by atoms with E-state index in [2.05, 4.69) is 32.9 Å². The zero-order chi connectivity index (χ0) is 13.1. The van der Waals surface area contributed by atoms with Crippen LogP contribution < -0.4 is 0 Å². The molecule has 0 heterocycles. The summed E-state index contributed by atoms with van der Waals surface area (Å²) in [7, 11) is 0. The van der Waals surface area contributed by atoms with Gasteiger partial charge in [0, 0.05) is 13.2 Å². The van der Waals surface area contributed by atoms with Crippen molar-refractivity contribution in [3.63, 3.8) is 0 Å². The lowest BCUT2D eigenvalue weighted by Crippen LogP contribution is -2.14. The minimum Gasteiger partial charge on any atom is -0.393 e. The number of rotatable bonds is 10. The molecule has 0 radical (unpaired) electrons. The molecule has 102 valence electrons. The maximum Gasteiger partial charge on any atom is 0.0597 e. The van der Waals surface area contributed by atoms with Gasteiger partial charge in [-0.15, -0.1) is 0 Å². The Labute approximate surface area is 107 Å². The van der Waals surface area contributed by atoms with Gasteiger partial charge in [-0.05, 0) is 31.1 Å². The monoisotopic (exact) mass is 242 g/mol. The van der Waals surface area contributed by atoms with Gasteiger partial charge in [0.25, 0.3) is 0 Å². The summed E-state index contributed by atoms with van der Waals surface area (Å²) >= 11 is 0. The third kappa shape index (κ3) is 9.37. The second kappa shape index (κ2) is 10.8. The maximum absolute atomic E-state index is 9.62. The van der Waals surface area contributed by atoms with Gasteiger partial charge in [0.1, 0.15) is 0 Å². The molecular formula is C15H30O2. The number of unbranched alkanes of at least 4 members (excludes halogenated alkanes) is 1. The third-order valence-electron chi connectivity index (χ3n) is 3.05. The Morgan fingerprint density at radius 1 is 1.24 bits per heavy atom. The fourth-order valence-corrected chi connectivity index (χ4v) is 1.62. The van der Waals surface area contributed by atoms with Crippen LogP contribution in [-0.4, -0.2) is 24.4 Å². The molecule has 3 atom stereocenters. The van der Waals surface area contributed by atoms with E-state index < -0.39 is 0 Å². The third-order valence-corrected chi connectivity index (χ3v) is 3.05. The molecule has 0 saturated carbocycles. The predicted octanol–water partition coefficient (Wildman–Crippen LogP) is 3.79. The first-order valence-electron chi connectivity index (χ1n) is 7.04. The van der Waals surface area contributed by atoms with Gasteiger partial charge in [-0.25, -0.2) is 0 Å². The Morgan fingerprint density at radius 2 is 1.94 bits per heavy atom. The van der Waals surface area contributed by atoms with E-state index in [0.717, 1.165) is 32.5 Å². The Hall–Kier alpha value is -0.340. The van der Waals surface area contributed by atoms with Crippen molar-refractivity contribution in [1.82, 2.24) is 0 Å². The van der Waals surface area contributed by atoms with E-state index in [4.69, 9.17) is 4.74 Å². The summed E-state index contributed by atoms with van der Waals surface area (Å²) in [6, 6.07) is 0. The lowest BCUT2D eigenvalue weighted by Gasteiger charge is -2.13. The second-order valence-electron chi connectivity index (χ2n) is 5.03. The molecule has 0 amide bonds. The number of aliphatic hydroxyl groups is 1. The van der Waals surface area contributed by atoms with Crippen LogP contribution in [0.4, 0.5) is 0 Å². The predicted molar refractivity (Wildman–Crippen MR) is 74.1 cm³/mol. The van der Waals surface area contributed by atoms with E-state index in [9.17, 15) is 5.11 Å². The molecule has 0 fully saturated rings. The molecule has 0 aliphatic heterocycles. The molecule has 2 heteroatoms. The van der Waals surface area contributed by atoms with Crippen molar-refractivity contribution in [2.24, 2.45) is 11.8 Å². The van der Waals surface area contributed by atoms with Gasteiger partial charge >= 0.3 is 0 Å². The average molecular weight is 242 g/mol. The van der Waals surface area contributed by atoms with Crippen LogP contribution in [0.3, 0.4) is 0 Å². The van der Waals surface area contributed by atoms with Crippen LogP contribution in [0, 0.1) is 11.8 Å². The zero-order valence-corrected chi connectivity index (χ0v) is 12.0. The van der Waals surface area contributed by atoms with Gasteiger partial charge < -0.3 is 9.84 Å². The summed E-state index contributed by atoms with van der Waals surface area (Å²) in [5, 5.41) is 9.62. The molecular weight excluding hydrogens is 212 g/mol. The van der Waals surface area contributed by atoms with Gasteiger partial charge in [0.2, 0.25) is 0 Å². The smallest absolute Gasteiger partial charge is 0.0597 e. The van der Waals surface area contributed by atoms with E-state index in [1.165, 1.54) is 6.42 Å². The number of ether oxygens (including phenoxy) is 1. The fourth-order valence-electron chi connectivity index (χ4n) is 1.62. The van der Waals surface area contributed by atoms with Gasteiger partial charge in [-0.3, -0.25) is 0 Å². The van der Waals surface area contributed by atoms with E-state index in [1.54, 1.807) is 0 Å². The zero-order valence-electron chi connectivity index (χ0n) is 12.0. The number of allylic oxidation sites excluding steroid dienone is 1. The average Bonchev–Trinajstić information content (AvgIpc) is 2.33. The summed E-state index contributed by atoms with van der Waals surface area (Å²) < 4.78 is 5.58. The highest BCUT2D eigenvalue weighted by atomic mass is 16.5. The van der Waals surface area contributed by atoms with Crippen molar-refractivity contribution in [2.75, 3.05) is 13.2 Å². The van der Waals surface area contributed by atoms with Crippen LogP contribution in [-0.2, 0) is 4.74 Å². The molecule has 2 nitrogen and oxygen atoms in total. The van der Waals surface area contributed by atoms with Crippen molar-refractivity contribution in [3.8, 4) is 0 Å². The molecule has 0 spiro atoms. The van der Waals surface area contributed by atoms with Crippen molar-refractivity contribution < 1.29 is 9.84 Å². The molecule has 17 heavy (non-hydrogen) atoms. The summed E-state index contributed by atoms with van der Waals surface area (Å²) in [6.45, 7) is 10.2. The Kier molecular flexibility index (Phi) is 10.6. The van der Waals surface area contributed by atoms with Crippen LogP contribution in [0.15, 0.2) is 12.2 Å². The van der Waals surface area contributed by atoms with Gasteiger partial charge in [0.15, 0.2) is 0 Å². The highest BCUT2D eigenvalue weighted by molar-refractivity contribution is 4.90. The molecule has 0 aromatic carbocycles. The van der Waals surface area contributed by atoms with E-state index >= 15 is 0 Å². The maximum atomic E-state index is 9.62. The summed E-state index contributed by atoms with van der Waals surface area (Å²) in [5.41, 5.74) is 0. The number of aliphatic hydroxyl groups excluding tert-OH is 1. The van der Waals surface area contributed by atoms with Crippen LogP contribution in [0.2, 0.25) is 0 Å². The summed E-state index contributed by atoms with van der Waals surface area (Å²) in [5.74, 6) is 0.822. The quantitative estimate of drug-likeness (QED) is 0.466. The highest BCUT2D eigenvalue weighted by Gasteiger charge is 2.07. The SMILES string of the molecule is CCCCOCC(C)CC=CC(C)C(O)CC. The van der Waals surface area contributed by atoms with Crippen molar-refractivity contribution in [3.05, 3.63) is 12.2 Å². The first-order chi connectivity index (χ1) is 8.11. The summed E-state index contributed by atoms with van der Waals surface area (Å²) in [4.78, 5) is 0. The van der Waals surface area contributed by atoms with Gasteiger partial charge in [0.05, 0.1) is 6.10 Å². The minimum atomic E-state index is -0.206. The van der Waals surface area contributed by atoms with Crippen LogP contribution in [0.25, 0.3) is 0 Å². The van der Waals surface area contributed by atoms with Crippen molar-refractivity contribution >= 4 is 0 Å². The van der Waals surface area contributed by atoms with Crippen molar-refractivity contribution in [2.45, 2.75) is 59.5 Å². The van der Waals surface area contributed by atoms with Crippen LogP contribution in [0.1, 0.15) is 53.4 Å². The van der Waals surface area contributed by atoms with Crippen molar-refractivity contribution in [1.29, 1.82) is 0 Å². The highest BCUT2D eigenvalue weighted by Crippen LogP contribution is 2.10. The Bertz CT molecular complexity index is 189. The standard InChI is InChI=1S/C15H30O2/c1-5-7-11-17-12-13(3)9-8-10-14(4)15(16)6-2/h8,10,13-16H,5-7,9,11-12H2,1-4H3. The van der Waals surface area contributed by atoms with Crippen LogP contribution in [0.5, 0.6) is 0 Å². The fraction of sp³-hybridized carbons (Fsp3) is 0.867. The molecule has 0 aliphatic rings. The molecule has 3 unspecified atom stereocenters. The lowest BCUT2D eigenvalue weighted by atomic mass is 10.0. The molecule has 0 aromatic rings. The molecule has 0 aromatic heterocycles. The second-order valence-corrected chi connectivity index (χ2v) is 5.03. The summed E-state index contributed by atoms with van der Waals surface area (Å²) in [6.07, 6.45) is 8.30. The molecule has 0 rings (SSSR count). The minimum absolute atomic E-state index is 0.206. The number of hydrogen-bond acceptors (Lipinski definition) is 2. The largest absolute Gasteiger partial charge is 0.393 e. The molecule has 0 bridgehead atoms. The first-order valence-corrected chi connectivity index (χ1v) is 7.04. The van der Waals surface area contributed by atoms with Gasteiger partial charge in [-0.1, -0.05) is 46.3 Å². The Balaban J connectivity index is 3.61. The molecule has 0 saturated heterocycles. The van der Waals surface area contributed by atoms with E-state index in [-0.39, 0.29) is 12.0 Å². The van der Waals surface area contributed by atoms with Gasteiger partial charge in [-0.2, -0.15) is 0 Å². The Morgan fingerprint density at radius 3 is 2.53 bits per heavy atom. The molecule has 0 aliphatic carbocycles. The lowest BCUT2D eigenvalue weighted by molar-refractivity contribution is 0.103.